The van der Waals surface area contributed by atoms with E-state index >= 15 is 0 Å². The Balaban J connectivity index is 1.73. The molecule has 28 heavy (non-hydrogen) atoms. The van der Waals surface area contributed by atoms with E-state index in [-0.39, 0.29) is 16.4 Å². The fraction of sp³-hybridized carbons (Fsp3) is 0.250. The third-order valence-corrected chi connectivity index (χ3v) is 6.29. The van der Waals surface area contributed by atoms with Gasteiger partial charge in [-0.05, 0) is 48.0 Å². The van der Waals surface area contributed by atoms with Gasteiger partial charge in [0, 0.05) is 18.7 Å². The van der Waals surface area contributed by atoms with Gasteiger partial charge in [-0.15, -0.1) is 0 Å². The number of sulfonamides is 1. The first kappa shape index (κ1) is 20.1. The fourth-order valence-electron chi connectivity index (χ4n) is 2.79. The first-order chi connectivity index (χ1) is 13.4. The van der Waals surface area contributed by atoms with Crippen molar-refractivity contribution < 1.29 is 27.8 Å². The number of morpholine rings is 1. The predicted molar refractivity (Wildman–Crippen MR) is 104 cm³/mol. The summed E-state index contributed by atoms with van der Waals surface area (Å²) in [5.74, 6) is 0.0673. The zero-order chi connectivity index (χ0) is 20.1. The maximum atomic E-state index is 12.6. The third-order valence-electron chi connectivity index (χ3n) is 4.38. The molecule has 0 aliphatic carbocycles. The Bertz CT molecular complexity index is 976. The molecule has 1 aliphatic heterocycles. The molecule has 0 spiro atoms. The lowest BCUT2D eigenvalue weighted by atomic mass is 10.1. The van der Waals surface area contributed by atoms with Gasteiger partial charge in [0.1, 0.15) is 0 Å². The Morgan fingerprint density at radius 2 is 1.82 bits per heavy atom. The highest BCUT2D eigenvalue weighted by atomic mass is 32.2. The molecular weight excluding hydrogens is 382 g/mol. The molecular formula is C20H21NO6S. The molecule has 7 nitrogen and oxygen atoms in total. The van der Waals surface area contributed by atoms with Crippen LogP contribution in [-0.2, 0) is 14.8 Å². The van der Waals surface area contributed by atoms with Gasteiger partial charge < -0.3 is 14.6 Å². The summed E-state index contributed by atoms with van der Waals surface area (Å²) >= 11 is 0. The smallest absolute Gasteiger partial charge is 0.243 e. The molecule has 0 unspecified atom stereocenters. The largest absolute Gasteiger partial charge is 0.504 e. The van der Waals surface area contributed by atoms with Crippen molar-refractivity contribution in [2.75, 3.05) is 33.4 Å². The average molecular weight is 403 g/mol. The van der Waals surface area contributed by atoms with Gasteiger partial charge in [0.05, 0.1) is 25.2 Å². The van der Waals surface area contributed by atoms with Crippen LogP contribution >= 0.6 is 0 Å². The monoisotopic (exact) mass is 403 g/mol. The number of allylic oxidation sites excluding steroid dienone is 1. The van der Waals surface area contributed by atoms with Gasteiger partial charge in [-0.25, -0.2) is 8.42 Å². The minimum absolute atomic E-state index is 0.0167. The molecule has 1 aliphatic rings. The van der Waals surface area contributed by atoms with Gasteiger partial charge in [-0.1, -0.05) is 12.1 Å². The summed E-state index contributed by atoms with van der Waals surface area (Å²) in [6.07, 6.45) is 2.99. The number of aromatic hydroxyl groups is 1. The van der Waals surface area contributed by atoms with Crippen molar-refractivity contribution in [3.8, 4) is 11.5 Å². The lowest BCUT2D eigenvalue weighted by Crippen LogP contribution is -2.40. The average Bonchev–Trinajstić information content (AvgIpc) is 2.73. The highest BCUT2D eigenvalue weighted by Crippen LogP contribution is 2.26. The second-order valence-corrected chi connectivity index (χ2v) is 8.11. The van der Waals surface area contributed by atoms with Crippen LogP contribution in [0.2, 0.25) is 0 Å². The van der Waals surface area contributed by atoms with Crippen molar-refractivity contribution >= 4 is 21.9 Å². The molecule has 8 heteroatoms. The van der Waals surface area contributed by atoms with E-state index in [0.29, 0.717) is 43.2 Å². The van der Waals surface area contributed by atoms with Crippen LogP contribution < -0.4 is 4.74 Å². The van der Waals surface area contributed by atoms with E-state index in [2.05, 4.69) is 0 Å². The number of benzene rings is 2. The molecule has 0 radical (unpaired) electrons. The number of rotatable bonds is 6. The molecule has 0 aromatic heterocycles. The molecule has 148 valence electrons. The van der Waals surface area contributed by atoms with Crippen molar-refractivity contribution in [1.29, 1.82) is 0 Å². The van der Waals surface area contributed by atoms with Gasteiger partial charge in [0.2, 0.25) is 10.0 Å². The highest BCUT2D eigenvalue weighted by molar-refractivity contribution is 7.89. The number of nitrogens with zero attached hydrogens (tertiary/aromatic N) is 1. The van der Waals surface area contributed by atoms with E-state index in [1.807, 2.05) is 0 Å². The summed E-state index contributed by atoms with van der Waals surface area (Å²) in [7, 11) is -2.14. The third kappa shape index (κ3) is 4.41. The van der Waals surface area contributed by atoms with Crippen molar-refractivity contribution in [3.63, 3.8) is 0 Å². The summed E-state index contributed by atoms with van der Waals surface area (Å²) in [4.78, 5) is 12.5. The highest BCUT2D eigenvalue weighted by Gasteiger charge is 2.26. The Morgan fingerprint density at radius 3 is 2.46 bits per heavy atom. The van der Waals surface area contributed by atoms with E-state index in [1.54, 1.807) is 18.2 Å². The molecule has 0 bridgehead atoms. The number of ether oxygens (including phenoxy) is 2. The molecule has 0 atom stereocenters. The van der Waals surface area contributed by atoms with Crippen molar-refractivity contribution in [1.82, 2.24) is 4.31 Å². The van der Waals surface area contributed by atoms with Crippen LogP contribution in [0, 0.1) is 0 Å². The van der Waals surface area contributed by atoms with Crippen molar-refractivity contribution in [2.24, 2.45) is 0 Å². The lowest BCUT2D eigenvalue weighted by molar-refractivity contribution is 0.0730. The van der Waals surface area contributed by atoms with E-state index in [0.717, 1.165) is 0 Å². The first-order valence-electron chi connectivity index (χ1n) is 8.69. The normalized spacial score (nSPS) is 15.6. The van der Waals surface area contributed by atoms with Crippen LogP contribution in [0.1, 0.15) is 15.9 Å². The standard InChI is InChI=1S/C20H21NO6S/c1-26-20-14-15(3-9-19(20)23)2-8-18(22)16-4-6-17(7-5-16)28(24,25)21-10-12-27-13-11-21/h2-9,14,23H,10-13H2,1H3/b8-2+. The Labute approximate surface area is 163 Å². The van der Waals surface area contributed by atoms with Gasteiger partial charge in [0.25, 0.3) is 0 Å². The van der Waals surface area contributed by atoms with Gasteiger partial charge in [0.15, 0.2) is 17.3 Å². The SMILES string of the molecule is COc1cc(/C=C/C(=O)c2ccc(S(=O)(=O)N3CCOCC3)cc2)ccc1O. The number of carbonyl (C=O) groups is 1. The number of phenols is 1. The Hall–Kier alpha value is -2.68. The second-order valence-electron chi connectivity index (χ2n) is 6.17. The maximum absolute atomic E-state index is 12.6. The molecule has 3 rings (SSSR count). The molecule has 1 N–H and O–H groups in total. The molecule has 1 heterocycles. The van der Waals surface area contributed by atoms with E-state index in [9.17, 15) is 18.3 Å². The number of phenolic OH excluding ortho intramolecular Hbond substituents is 1. The van der Waals surface area contributed by atoms with Crippen LogP contribution in [0.15, 0.2) is 53.4 Å². The molecule has 2 aromatic rings. The summed E-state index contributed by atoms with van der Waals surface area (Å²) in [6.45, 7) is 1.40. The summed E-state index contributed by atoms with van der Waals surface area (Å²) in [6, 6.07) is 10.6. The predicted octanol–water partition coefficient (Wildman–Crippen LogP) is 2.32. The summed E-state index contributed by atoms with van der Waals surface area (Å²) in [5.41, 5.74) is 1.07. The Kier molecular flexibility index (Phi) is 6.13. The van der Waals surface area contributed by atoms with Crippen LogP contribution in [0.5, 0.6) is 11.5 Å². The molecule has 0 amide bonds. The van der Waals surface area contributed by atoms with E-state index < -0.39 is 10.0 Å². The lowest BCUT2D eigenvalue weighted by Gasteiger charge is -2.26. The van der Waals surface area contributed by atoms with Crippen molar-refractivity contribution in [2.45, 2.75) is 4.90 Å². The van der Waals surface area contributed by atoms with E-state index in [1.165, 1.54) is 47.8 Å². The van der Waals surface area contributed by atoms with Crippen LogP contribution in [-0.4, -0.2) is 57.0 Å². The number of hydrogen-bond donors (Lipinski definition) is 1. The second kappa shape index (κ2) is 8.55. The quantitative estimate of drug-likeness (QED) is 0.588. The minimum atomic E-state index is -3.59. The molecule has 2 aromatic carbocycles. The number of hydrogen-bond acceptors (Lipinski definition) is 6. The summed E-state index contributed by atoms with van der Waals surface area (Å²) in [5, 5.41) is 9.60. The fourth-order valence-corrected chi connectivity index (χ4v) is 4.20. The minimum Gasteiger partial charge on any atom is -0.504 e. The zero-order valence-electron chi connectivity index (χ0n) is 15.4. The number of ketones is 1. The zero-order valence-corrected chi connectivity index (χ0v) is 16.2. The summed E-state index contributed by atoms with van der Waals surface area (Å²) < 4.78 is 36.8. The topological polar surface area (TPSA) is 93.1 Å². The van der Waals surface area contributed by atoms with Crippen LogP contribution in [0.4, 0.5) is 0 Å². The van der Waals surface area contributed by atoms with Crippen molar-refractivity contribution in [3.05, 3.63) is 59.7 Å². The number of methoxy groups -OCH3 is 1. The molecule has 1 saturated heterocycles. The molecule has 0 saturated carbocycles. The van der Waals surface area contributed by atoms with Crippen LogP contribution in [0.3, 0.4) is 0 Å². The number of carbonyl (C=O) groups excluding carboxylic acids is 1. The first-order valence-corrected chi connectivity index (χ1v) is 10.1. The van der Waals surface area contributed by atoms with Gasteiger partial charge in [-0.3, -0.25) is 4.79 Å². The van der Waals surface area contributed by atoms with Crippen LogP contribution in [0.25, 0.3) is 6.08 Å². The van der Waals surface area contributed by atoms with E-state index in [4.69, 9.17) is 9.47 Å². The Morgan fingerprint density at radius 1 is 1.14 bits per heavy atom. The van der Waals surface area contributed by atoms with Gasteiger partial charge >= 0.3 is 0 Å². The maximum Gasteiger partial charge on any atom is 0.243 e. The van der Waals surface area contributed by atoms with Gasteiger partial charge in [-0.2, -0.15) is 4.31 Å². The molecule has 1 fully saturated rings.